The topological polar surface area (TPSA) is 15.3 Å². The van der Waals surface area contributed by atoms with Gasteiger partial charge >= 0.3 is 0 Å². The van der Waals surface area contributed by atoms with Gasteiger partial charge in [0.25, 0.3) is 0 Å². The van der Waals surface area contributed by atoms with Crippen molar-refractivity contribution in [1.82, 2.24) is 0 Å². The van der Waals surface area contributed by atoms with E-state index < -0.39 is 0 Å². The maximum atomic E-state index is 13.0. The molecule has 13 heavy (non-hydrogen) atoms. The predicted molar refractivity (Wildman–Crippen MR) is 54.9 cm³/mol. The van der Waals surface area contributed by atoms with Crippen LogP contribution in [0.15, 0.2) is 18.2 Å². The molecule has 1 N–H and O–H groups in total. The minimum Gasteiger partial charge on any atom is -0.386 e. The summed E-state index contributed by atoms with van der Waals surface area (Å²) in [6, 6.07) is 5.74. The van der Waals surface area contributed by atoms with Crippen molar-refractivity contribution in [2.24, 2.45) is 0 Å². The summed E-state index contributed by atoms with van der Waals surface area (Å²) in [6.45, 7) is 2.05. The predicted octanol–water partition coefficient (Wildman–Crippen LogP) is 2.61. The third-order valence-electron chi connectivity index (χ3n) is 2.07. The SMILES string of the molecule is CCc1ccc(NC)c(N(C)F)c1. The number of nitrogens with zero attached hydrogens (tertiary/aromatic N) is 1. The molecule has 0 fully saturated rings. The molecule has 0 bridgehead atoms. The average molecular weight is 182 g/mol. The average Bonchev–Trinajstić information content (AvgIpc) is 2.16. The number of anilines is 2. The van der Waals surface area contributed by atoms with Crippen LogP contribution >= 0.6 is 0 Å². The van der Waals surface area contributed by atoms with Crippen molar-refractivity contribution >= 4 is 11.4 Å². The highest BCUT2D eigenvalue weighted by Gasteiger charge is 2.05. The smallest absolute Gasteiger partial charge is 0.0918 e. The molecule has 0 heterocycles. The second-order valence-corrected chi connectivity index (χ2v) is 2.93. The van der Waals surface area contributed by atoms with E-state index in [2.05, 4.69) is 12.2 Å². The number of hydrogen-bond donors (Lipinski definition) is 1. The van der Waals surface area contributed by atoms with Gasteiger partial charge in [0.1, 0.15) is 0 Å². The number of halogens is 1. The molecule has 1 aromatic carbocycles. The molecule has 0 saturated heterocycles. The summed E-state index contributed by atoms with van der Waals surface area (Å²) in [6.07, 6.45) is 0.921. The zero-order valence-electron chi connectivity index (χ0n) is 8.26. The fraction of sp³-hybridized carbons (Fsp3) is 0.400. The van der Waals surface area contributed by atoms with E-state index in [0.717, 1.165) is 17.7 Å². The fourth-order valence-electron chi connectivity index (χ4n) is 1.26. The Bertz CT molecular complexity index is 284. The lowest BCUT2D eigenvalue weighted by molar-refractivity contribution is 0.476. The van der Waals surface area contributed by atoms with Crippen molar-refractivity contribution in [2.75, 3.05) is 24.5 Å². The summed E-state index contributed by atoms with van der Waals surface area (Å²) < 4.78 is 13.0. The Kier molecular flexibility index (Phi) is 3.12. The van der Waals surface area contributed by atoms with Crippen molar-refractivity contribution in [3.05, 3.63) is 23.8 Å². The van der Waals surface area contributed by atoms with Gasteiger partial charge in [-0.05, 0) is 24.1 Å². The molecule has 1 rings (SSSR count). The maximum Gasteiger partial charge on any atom is 0.0918 e. The molecule has 0 amide bonds. The largest absolute Gasteiger partial charge is 0.386 e. The van der Waals surface area contributed by atoms with E-state index in [1.54, 1.807) is 7.05 Å². The van der Waals surface area contributed by atoms with E-state index in [-0.39, 0.29) is 0 Å². The molecule has 72 valence electrons. The molecule has 0 saturated carbocycles. The van der Waals surface area contributed by atoms with E-state index in [4.69, 9.17) is 0 Å². The lowest BCUT2D eigenvalue weighted by atomic mass is 10.1. The standard InChI is InChI=1S/C10H15FN2/c1-4-8-5-6-9(12-2)10(7-8)13(3)11/h5-7,12H,4H2,1-3H3. The van der Waals surface area contributed by atoms with Crippen molar-refractivity contribution < 1.29 is 4.48 Å². The van der Waals surface area contributed by atoms with E-state index in [1.165, 1.54) is 7.05 Å². The third kappa shape index (κ3) is 2.11. The van der Waals surface area contributed by atoms with Crippen LogP contribution in [-0.2, 0) is 6.42 Å². The maximum absolute atomic E-state index is 13.0. The first kappa shape index (κ1) is 9.84. The minimum atomic E-state index is 0.585. The van der Waals surface area contributed by atoms with E-state index in [0.29, 0.717) is 10.8 Å². The van der Waals surface area contributed by atoms with Crippen LogP contribution in [0.5, 0.6) is 0 Å². The van der Waals surface area contributed by atoms with Gasteiger partial charge in [-0.3, -0.25) is 0 Å². The van der Waals surface area contributed by atoms with Crippen LogP contribution in [0.2, 0.25) is 0 Å². The van der Waals surface area contributed by atoms with Gasteiger partial charge in [-0.25, -0.2) is 5.12 Å². The van der Waals surface area contributed by atoms with Gasteiger partial charge in [0.05, 0.1) is 11.4 Å². The van der Waals surface area contributed by atoms with Gasteiger partial charge in [-0.15, -0.1) is 4.48 Å². The van der Waals surface area contributed by atoms with Crippen LogP contribution in [-0.4, -0.2) is 14.1 Å². The summed E-state index contributed by atoms with van der Waals surface area (Å²) in [4.78, 5) is 0. The molecule has 3 heteroatoms. The molecule has 0 aliphatic rings. The quantitative estimate of drug-likeness (QED) is 0.723. The minimum absolute atomic E-state index is 0.585. The van der Waals surface area contributed by atoms with Crippen LogP contribution in [0.1, 0.15) is 12.5 Å². The van der Waals surface area contributed by atoms with Crippen molar-refractivity contribution in [1.29, 1.82) is 0 Å². The van der Waals surface area contributed by atoms with Crippen molar-refractivity contribution in [3.63, 3.8) is 0 Å². The summed E-state index contributed by atoms with van der Waals surface area (Å²) in [5.41, 5.74) is 2.53. The molecular formula is C10H15FN2. The second-order valence-electron chi connectivity index (χ2n) is 2.93. The van der Waals surface area contributed by atoms with Crippen LogP contribution in [0.3, 0.4) is 0 Å². The summed E-state index contributed by atoms with van der Waals surface area (Å²) >= 11 is 0. The number of hydrogen-bond acceptors (Lipinski definition) is 2. The number of nitrogens with one attached hydrogen (secondary N) is 1. The van der Waals surface area contributed by atoms with Gasteiger partial charge in [0, 0.05) is 14.1 Å². The first-order valence-corrected chi connectivity index (χ1v) is 4.39. The summed E-state index contributed by atoms with van der Waals surface area (Å²) in [5, 5.41) is 3.58. The van der Waals surface area contributed by atoms with Gasteiger partial charge in [-0.2, -0.15) is 0 Å². The Morgan fingerprint density at radius 3 is 2.62 bits per heavy atom. The molecule has 0 unspecified atom stereocenters. The monoisotopic (exact) mass is 182 g/mol. The van der Waals surface area contributed by atoms with Gasteiger partial charge in [-0.1, -0.05) is 13.0 Å². The molecule has 0 aromatic heterocycles. The second kappa shape index (κ2) is 4.12. The van der Waals surface area contributed by atoms with Crippen molar-refractivity contribution in [2.45, 2.75) is 13.3 Å². The van der Waals surface area contributed by atoms with E-state index >= 15 is 0 Å². The Morgan fingerprint density at radius 1 is 1.46 bits per heavy atom. The highest BCUT2D eigenvalue weighted by atomic mass is 19.2. The van der Waals surface area contributed by atoms with Gasteiger partial charge in [0.2, 0.25) is 0 Å². The third-order valence-corrected chi connectivity index (χ3v) is 2.07. The van der Waals surface area contributed by atoms with Crippen LogP contribution < -0.4 is 10.4 Å². The Hall–Kier alpha value is -1.25. The summed E-state index contributed by atoms with van der Waals surface area (Å²) in [7, 11) is 3.18. The summed E-state index contributed by atoms with van der Waals surface area (Å²) in [5.74, 6) is 0. The Morgan fingerprint density at radius 2 is 2.15 bits per heavy atom. The highest BCUT2D eigenvalue weighted by molar-refractivity contribution is 5.69. The lowest BCUT2D eigenvalue weighted by Gasteiger charge is -2.14. The number of aryl methyl sites for hydroxylation is 1. The van der Waals surface area contributed by atoms with Crippen molar-refractivity contribution in [3.8, 4) is 0 Å². The van der Waals surface area contributed by atoms with Gasteiger partial charge in [0.15, 0.2) is 0 Å². The number of benzene rings is 1. The van der Waals surface area contributed by atoms with Crippen LogP contribution in [0.25, 0.3) is 0 Å². The first-order valence-electron chi connectivity index (χ1n) is 4.39. The first-order chi connectivity index (χ1) is 6.19. The molecule has 1 aromatic rings. The van der Waals surface area contributed by atoms with Gasteiger partial charge < -0.3 is 5.32 Å². The zero-order valence-corrected chi connectivity index (χ0v) is 8.26. The highest BCUT2D eigenvalue weighted by Crippen LogP contribution is 2.26. The van der Waals surface area contributed by atoms with E-state index in [9.17, 15) is 4.48 Å². The molecule has 0 spiro atoms. The Labute approximate surface area is 78.3 Å². The molecule has 0 aliphatic heterocycles. The molecule has 2 nitrogen and oxygen atoms in total. The van der Waals surface area contributed by atoms with Crippen LogP contribution in [0.4, 0.5) is 15.9 Å². The molecular weight excluding hydrogens is 167 g/mol. The van der Waals surface area contributed by atoms with E-state index in [1.807, 2.05) is 18.2 Å². The number of rotatable bonds is 3. The zero-order chi connectivity index (χ0) is 9.84. The normalized spacial score (nSPS) is 9.85. The van der Waals surface area contributed by atoms with Crippen LogP contribution in [0, 0.1) is 0 Å². The lowest BCUT2D eigenvalue weighted by Crippen LogP contribution is -2.06. The molecule has 0 aliphatic carbocycles. The Balaban J connectivity index is 3.10. The molecule has 0 radical (unpaired) electrons. The molecule has 0 atom stereocenters. The fourth-order valence-corrected chi connectivity index (χ4v) is 1.26.